The van der Waals surface area contributed by atoms with E-state index in [1.807, 2.05) is 54.6 Å². The van der Waals surface area contributed by atoms with Crippen molar-refractivity contribution in [2.75, 3.05) is 0 Å². The van der Waals surface area contributed by atoms with E-state index in [-0.39, 0.29) is 0 Å². The van der Waals surface area contributed by atoms with E-state index in [2.05, 4.69) is 115 Å². The predicted octanol–water partition coefficient (Wildman–Crippen LogP) is 11.1. The molecule has 224 valence electrons. The molecule has 0 spiro atoms. The Balaban J connectivity index is 1.14. The molecule has 4 heteroatoms. The average Bonchev–Trinajstić information content (AvgIpc) is 3.17. The van der Waals surface area contributed by atoms with E-state index in [0.29, 0.717) is 11.6 Å². The SMILES string of the molecule is c1ccc(-c2cc(-c3ccc(-c4nc(-c5ccccc5)c5ccccc5n4)cc3)nc(-c3ccc4c(ccc5ccccc54)c3)n2)cc1. The maximum atomic E-state index is 5.12. The summed E-state index contributed by atoms with van der Waals surface area (Å²) >= 11 is 0. The molecule has 9 rings (SSSR count). The predicted molar refractivity (Wildman–Crippen MR) is 197 cm³/mol. The standard InChI is InChI=1S/C44H28N4/c1-3-12-30(13-4-1)40-28-41(47-44(46-40)35-25-26-37-34(27-35)24-19-29-11-7-8-16-36(29)37)31-20-22-33(23-21-31)43-45-39-18-10-9-17-38(39)42(48-43)32-14-5-2-6-15-32/h1-28H. The van der Waals surface area contributed by atoms with Crippen LogP contribution >= 0.6 is 0 Å². The highest BCUT2D eigenvalue weighted by Gasteiger charge is 2.14. The fourth-order valence-electron chi connectivity index (χ4n) is 6.45. The number of hydrogen-bond donors (Lipinski definition) is 0. The van der Waals surface area contributed by atoms with Crippen molar-refractivity contribution in [3.63, 3.8) is 0 Å². The summed E-state index contributed by atoms with van der Waals surface area (Å²) in [6.45, 7) is 0. The molecule has 9 aromatic rings. The molecule has 0 N–H and O–H groups in total. The van der Waals surface area contributed by atoms with E-state index >= 15 is 0 Å². The van der Waals surface area contributed by atoms with Crippen molar-refractivity contribution in [1.82, 2.24) is 19.9 Å². The molecule has 0 unspecified atom stereocenters. The van der Waals surface area contributed by atoms with Crippen LogP contribution in [0.3, 0.4) is 0 Å². The van der Waals surface area contributed by atoms with Gasteiger partial charge in [0, 0.05) is 33.2 Å². The first-order valence-electron chi connectivity index (χ1n) is 16.1. The van der Waals surface area contributed by atoms with Crippen LogP contribution in [0.4, 0.5) is 0 Å². The second-order valence-corrected chi connectivity index (χ2v) is 11.9. The van der Waals surface area contributed by atoms with Crippen molar-refractivity contribution in [2.24, 2.45) is 0 Å². The Morgan fingerprint density at radius 3 is 1.60 bits per heavy atom. The molecule has 0 amide bonds. The lowest BCUT2D eigenvalue weighted by Gasteiger charge is -2.12. The van der Waals surface area contributed by atoms with Gasteiger partial charge in [0.05, 0.1) is 22.6 Å². The van der Waals surface area contributed by atoms with Crippen LogP contribution in [-0.2, 0) is 0 Å². The Kier molecular flexibility index (Phi) is 6.76. The van der Waals surface area contributed by atoms with Gasteiger partial charge in [-0.1, -0.05) is 152 Å². The monoisotopic (exact) mass is 612 g/mol. The van der Waals surface area contributed by atoms with Crippen molar-refractivity contribution in [3.05, 3.63) is 170 Å². The maximum Gasteiger partial charge on any atom is 0.160 e. The molecular weight excluding hydrogens is 585 g/mol. The maximum absolute atomic E-state index is 5.12. The number of para-hydroxylation sites is 1. The molecule has 0 saturated heterocycles. The van der Waals surface area contributed by atoms with Gasteiger partial charge in [-0.05, 0) is 39.7 Å². The van der Waals surface area contributed by atoms with Crippen LogP contribution in [0.25, 0.3) is 89.0 Å². The van der Waals surface area contributed by atoms with E-state index in [1.54, 1.807) is 0 Å². The molecular formula is C44H28N4. The molecule has 0 atom stereocenters. The summed E-state index contributed by atoms with van der Waals surface area (Å²) < 4.78 is 0. The molecule has 0 aliphatic heterocycles. The first kappa shape index (κ1) is 27.8. The molecule has 0 bridgehead atoms. The molecule has 0 aliphatic carbocycles. The lowest BCUT2D eigenvalue weighted by molar-refractivity contribution is 1.18. The van der Waals surface area contributed by atoms with Gasteiger partial charge in [-0.25, -0.2) is 19.9 Å². The molecule has 2 aromatic heterocycles. The molecule has 0 radical (unpaired) electrons. The van der Waals surface area contributed by atoms with E-state index in [0.717, 1.165) is 61.2 Å². The molecule has 0 fully saturated rings. The fraction of sp³-hybridized carbons (Fsp3) is 0. The Labute approximate surface area is 278 Å². The summed E-state index contributed by atoms with van der Waals surface area (Å²) in [5, 5.41) is 5.89. The van der Waals surface area contributed by atoms with E-state index < -0.39 is 0 Å². The van der Waals surface area contributed by atoms with Gasteiger partial charge in [-0.15, -0.1) is 0 Å². The molecule has 7 aromatic carbocycles. The number of benzene rings is 7. The Morgan fingerprint density at radius 1 is 0.292 bits per heavy atom. The third-order valence-electron chi connectivity index (χ3n) is 8.89. The van der Waals surface area contributed by atoms with Gasteiger partial charge >= 0.3 is 0 Å². The van der Waals surface area contributed by atoms with E-state index in [9.17, 15) is 0 Å². The largest absolute Gasteiger partial charge is 0.228 e. The minimum Gasteiger partial charge on any atom is -0.228 e. The topological polar surface area (TPSA) is 51.6 Å². The van der Waals surface area contributed by atoms with Crippen molar-refractivity contribution in [2.45, 2.75) is 0 Å². The van der Waals surface area contributed by atoms with Gasteiger partial charge in [-0.2, -0.15) is 0 Å². The number of rotatable bonds is 5. The van der Waals surface area contributed by atoms with Crippen LogP contribution in [0.5, 0.6) is 0 Å². The number of nitrogens with zero attached hydrogens (tertiary/aromatic N) is 4. The smallest absolute Gasteiger partial charge is 0.160 e. The number of aromatic nitrogens is 4. The lowest BCUT2D eigenvalue weighted by atomic mass is 9.99. The molecule has 4 nitrogen and oxygen atoms in total. The first-order chi connectivity index (χ1) is 23.8. The summed E-state index contributed by atoms with van der Waals surface area (Å²) in [5.41, 5.74) is 8.61. The zero-order chi connectivity index (χ0) is 31.9. The summed E-state index contributed by atoms with van der Waals surface area (Å²) in [5.74, 6) is 1.38. The summed E-state index contributed by atoms with van der Waals surface area (Å²) in [6, 6.07) is 58.6. The van der Waals surface area contributed by atoms with E-state index in [1.165, 1.54) is 16.2 Å². The minimum atomic E-state index is 0.691. The van der Waals surface area contributed by atoms with Crippen LogP contribution in [0, 0.1) is 0 Å². The minimum absolute atomic E-state index is 0.691. The average molecular weight is 613 g/mol. The highest BCUT2D eigenvalue weighted by atomic mass is 14.9. The van der Waals surface area contributed by atoms with Gasteiger partial charge in [0.2, 0.25) is 0 Å². The summed E-state index contributed by atoms with van der Waals surface area (Å²) in [6.07, 6.45) is 0. The number of hydrogen-bond acceptors (Lipinski definition) is 4. The highest BCUT2D eigenvalue weighted by molar-refractivity contribution is 6.08. The highest BCUT2D eigenvalue weighted by Crippen LogP contribution is 2.33. The van der Waals surface area contributed by atoms with Crippen LogP contribution in [0.15, 0.2) is 170 Å². The quantitative estimate of drug-likeness (QED) is 0.181. The normalized spacial score (nSPS) is 11.3. The third kappa shape index (κ3) is 5.06. The molecule has 48 heavy (non-hydrogen) atoms. The lowest BCUT2D eigenvalue weighted by Crippen LogP contribution is -1.97. The zero-order valence-corrected chi connectivity index (χ0v) is 26.0. The second kappa shape index (κ2) is 11.7. The van der Waals surface area contributed by atoms with Crippen LogP contribution < -0.4 is 0 Å². The van der Waals surface area contributed by atoms with Gasteiger partial charge in [0.1, 0.15) is 0 Å². The Morgan fingerprint density at radius 2 is 0.833 bits per heavy atom. The molecule has 2 heterocycles. The molecule has 0 aliphatic rings. The van der Waals surface area contributed by atoms with Crippen molar-refractivity contribution < 1.29 is 0 Å². The van der Waals surface area contributed by atoms with Crippen molar-refractivity contribution >= 4 is 32.4 Å². The van der Waals surface area contributed by atoms with E-state index in [4.69, 9.17) is 19.9 Å². The van der Waals surface area contributed by atoms with Crippen molar-refractivity contribution in [3.8, 4) is 56.5 Å². The van der Waals surface area contributed by atoms with Gasteiger partial charge in [0.15, 0.2) is 11.6 Å². The van der Waals surface area contributed by atoms with Crippen LogP contribution in [-0.4, -0.2) is 19.9 Å². The number of fused-ring (bicyclic) bond motifs is 4. The Hall–Kier alpha value is -6.52. The van der Waals surface area contributed by atoms with Crippen LogP contribution in [0.1, 0.15) is 0 Å². The van der Waals surface area contributed by atoms with Gasteiger partial charge < -0.3 is 0 Å². The third-order valence-corrected chi connectivity index (χ3v) is 8.89. The van der Waals surface area contributed by atoms with Gasteiger partial charge in [-0.3, -0.25) is 0 Å². The van der Waals surface area contributed by atoms with Gasteiger partial charge in [0.25, 0.3) is 0 Å². The zero-order valence-electron chi connectivity index (χ0n) is 26.0. The van der Waals surface area contributed by atoms with Crippen molar-refractivity contribution in [1.29, 1.82) is 0 Å². The summed E-state index contributed by atoms with van der Waals surface area (Å²) in [4.78, 5) is 20.2. The molecule has 0 saturated carbocycles. The first-order valence-corrected chi connectivity index (χ1v) is 16.1. The second-order valence-electron chi connectivity index (χ2n) is 11.9. The summed E-state index contributed by atoms with van der Waals surface area (Å²) in [7, 11) is 0. The van der Waals surface area contributed by atoms with Crippen LogP contribution in [0.2, 0.25) is 0 Å². The Bertz CT molecular complexity index is 2600. The fourth-order valence-corrected chi connectivity index (χ4v) is 6.45.